The first-order chi connectivity index (χ1) is 9.24. The average molecular weight is 277 g/mol. The zero-order valence-electron chi connectivity index (χ0n) is 12.0. The molecule has 3 nitrogen and oxygen atoms in total. The molecule has 1 saturated heterocycles. The Morgan fingerprint density at radius 2 is 2.26 bits per heavy atom. The van der Waals surface area contributed by atoms with Gasteiger partial charge in [0.25, 0.3) is 0 Å². The van der Waals surface area contributed by atoms with Crippen LogP contribution < -0.4 is 0 Å². The third-order valence-corrected chi connectivity index (χ3v) is 4.95. The monoisotopic (exact) mass is 277 g/mol. The maximum atomic E-state index is 9.13. The second-order valence-electron chi connectivity index (χ2n) is 5.38. The summed E-state index contributed by atoms with van der Waals surface area (Å²) in [5.41, 5.74) is 1.01. The van der Waals surface area contributed by atoms with Crippen molar-refractivity contribution in [1.82, 2.24) is 9.88 Å². The smallest absolute Gasteiger partial charge is 0.128 e. The van der Waals surface area contributed by atoms with Gasteiger partial charge in [0.15, 0.2) is 0 Å². The van der Waals surface area contributed by atoms with Crippen molar-refractivity contribution in [2.24, 2.45) is 0 Å². The molecule has 2 heterocycles. The van der Waals surface area contributed by atoms with Crippen LogP contribution in [0.4, 0.5) is 0 Å². The van der Waals surface area contributed by atoms with E-state index in [2.05, 4.69) is 29.8 Å². The topological polar surface area (TPSA) is 39.9 Å². The Balaban J connectivity index is 1.94. The molecule has 0 radical (unpaired) electrons. The Labute approximate surface area is 120 Å². The Hall–Kier alpha value is -0.920. The number of likely N-dealkylation sites (tertiary alicyclic amines) is 1. The van der Waals surface area contributed by atoms with Crippen LogP contribution >= 0.6 is 11.3 Å². The maximum Gasteiger partial charge on any atom is 0.128 e. The lowest BCUT2D eigenvalue weighted by Gasteiger charge is -2.32. The fourth-order valence-electron chi connectivity index (χ4n) is 2.73. The van der Waals surface area contributed by atoms with Crippen molar-refractivity contribution in [2.45, 2.75) is 58.4 Å². The lowest BCUT2D eigenvalue weighted by Crippen LogP contribution is -2.38. The van der Waals surface area contributed by atoms with Crippen LogP contribution in [0.3, 0.4) is 0 Å². The van der Waals surface area contributed by atoms with Crippen molar-refractivity contribution in [1.29, 1.82) is 5.26 Å². The Bertz CT molecular complexity index is 447. The van der Waals surface area contributed by atoms with E-state index in [0.29, 0.717) is 6.04 Å². The van der Waals surface area contributed by atoms with Gasteiger partial charge in [-0.3, -0.25) is 0 Å². The maximum absolute atomic E-state index is 9.13. The van der Waals surface area contributed by atoms with Crippen LogP contribution in [0.25, 0.3) is 0 Å². The normalized spacial score (nSPS) is 20.4. The summed E-state index contributed by atoms with van der Waals surface area (Å²) in [6.07, 6.45) is 7.00. The van der Waals surface area contributed by atoms with Gasteiger partial charge in [-0.1, -0.05) is 19.8 Å². The highest BCUT2D eigenvalue weighted by Gasteiger charge is 2.18. The van der Waals surface area contributed by atoms with Crippen molar-refractivity contribution in [2.75, 3.05) is 13.1 Å². The van der Waals surface area contributed by atoms with Gasteiger partial charge >= 0.3 is 0 Å². The van der Waals surface area contributed by atoms with Crippen LogP contribution in [0.2, 0.25) is 0 Å². The van der Waals surface area contributed by atoms with Crippen molar-refractivity contribution in [3.05, 3.63) is 15.6 Å². The van der Waals surface area contributed by atoms with Crippen LogP contribution in [0.15, 0.2) is 0 Å². The second-order valence-corrected chi connectivity index (χ2v) is 6.46. The van der Waals surface area contributed by atoms with Gasteiger partial charge in [0, 0.05) is 19.0 Å². The standard InChI is InChI=1S/C15H23N3S/c1-3-6-13-14(11-16)19-15(17-13)8-10-18-9-5-4-7-12(18)2/h12H,3-10H2,1-2H3. The first-order valence-corrected chi connectivity index (χ1v) is 8.19. The lowest BCUT2D eigenvalue weighted by atomic mass is 10.0. The molecule has 0 amide bonds. The molecule has 0 N–H and O–H groups in total. The molecular weight excluding hydrogens is 254 g/mol. The molecule has 0 spiro atoms. The number of piperidine rings is 1. The van der Waals surface area contributed by atoms with Gasteiger partial charge in [0.05, 0.1) is 10.7 Å². The molecule has 0 aromatic carbocycles. The summed E-state index contributed by atoms with van der Waals surface area (Å²) in [5, 5.41) is 10.3. The molecular formula is C15H23N3S. The summed E-state index contributed by atoms with van der Waals surface area (Å²) in [7, 11) is 0. The van der Waals surface area contributed by atoms with Gasteiger partial charge < -0.3 is 4.90 Å². The Kier molecular flexibility index (Phi) is 5.35. The van der Waals surface area contributed by atoms with Crippen LogP contribution in [-0.2, 0) is 12.8 Å². The molecule has 0 saturated carbocycles. The number of thiazole rings is 1. The van der Waals surface area contributed by atoms with E-state index in [-0.39, 0.29) is 0 Å². The van der Waals surface area contributed by atoms with Crippen molar-refractivity contribution in [3.63, 3.8) is 0 Å². The summed E-state index contributed by atoms with van der Waals surface area (Å²) >= 11 is 1.59. The Morgan fingerprint density at radius 1 is 1.42 bits per heavy atom. The molecule has 1 aliphatic heterocycles. The quantitative estimate of drug-likeness (QED) is 0.828. The van der Waals surface area contributed by atoms with Gasteiger partial charge in [0.1, 0.15) is 10.9 Å². The van der Waals surface area contributed by atoms with E-state index in [1.165, 1.54) is 25.8 Å². The summed E-state index contributed by atoms with van der Waals surface area (Å²) < 4.78 is 0. The van der Waals surface area contributed by atoms with Crippen molar-refractivity contribution in [3.8, 4) is 6.07 Å². The third-order valence-electron chi connectivity index (χ3n) is 3.88. The van der Waals surface area contributed by atoms with Crippen LogP contribution in [0.5, 0.6) is 0 Å². The highest BCUT2D eigenvalue weighted by atomic mass is 32.1. The van der Waals surface area contributed by atoms with E-state index in [9.17, 15) is 0 Å². The van der Waals surface area contributed by atoms with Crippen LogP contribution in [0.1, 0.15) is 55.1 Å². The molecule has 0 bridgehead atoms. The van der Waals surface area contributed by atoms with Gasteiger partial charge in [-0.15, -0.1) is 11.3 Å². The summed E-state index contributed by atoms with van der Waals surface area (Å²) in [6.45, 7) is 6.77. The fraction of sp³-hybridized carbons (Fsp3) is 0.733. The molecule has 4 heteroatoms. The molecule has 1 fully saturated rings. The molecule has 1 unspecified atom stereocenters. The molecule has 1 atom stereocenters. The highest BCUT2D eigenvalue weighted by Crippen LogP contribution is 2.21. The average Bonchev–Trinajstić information content (AvgIpc) is 2.81. The molecule has 1 aromatic rings. The minimum Gasteiger partial charge on any atom is -0.300 e. The largest absolute Gasteiger partial charge is 0.300 e. The highest BCUT2D eigenvalue weighted by molar-refractivity contribution is 7.12. The molecule has 1 aromatic heterocycles. The molecule has 1 aliphatic rings. The number of rotatable bonds is 5. The first-order valence-electron chi connectivity index (χ1n) is 7.37. The molecule has 19 heavy (non-hydrogen) atoms. The van der Waals surface area contributed by atoms with E-state index in [1.807, 2.05) is 0 Å². The minimum absolute atomic E-state index is 0.708. The van der Waals surface area contributed by atoms with E-state index in [4.69, 9.17) is 5.26 Å². The van der Waals surface area contributed by atoms with Crippen molar-refractivity contribution < 1.29 is 0 Å². The van der Waals surface area contributed by atoms with E-state index < -0.39 is 0 Å². The summed E-state index contributed by atoms with van der Waals surface area (Å²) in [5.74, 6) is 0. The fourth-order valence-corrected chi connectivity index (χ4v) is 3.63. The number of hydrogen-bond acceptors (Lipinski definition) is 4. The number of nitriles is 1. The van der Waals surface area contributed by atoms with Crippen LogP contribution in [-0.4, -0.2) is 29.0 Å². The number of nitrogens with zero attached hydrogens (tertiary/aromatic N) is 3. The SMILES string of the molecule is CCCc1nc(CCN2CCCCC2C)sc1C#N. The molecule has 0 aliphatic carbocycles. The predicted octanol–water partition coefficient (Wildman–Crippen LogP) is 3.38. The van der Waals surface area contributed by atoms with E-state index in [1.54, 1.807) is 11.3 Å². The van der Waals surface area contributed by atoms with Gasteiger partial charge in [0.2, 0.25) is 0 Å². The van der Waals surface area contributed by atoms with Crippen LogP contribution in [0, 0.1) is 11.3 Å². The number of aromatic nitrogens is 1. The summed E-state index contributed by atoms with van der Waals surface area (Å²) in [6, 6.07) is 3.00. The summed E-state index contributed by atoms with van der Waals surface area (Å²) in [4.78, 5) is 8.04. The van der Waals surface area contributed by atoms with Gasteiger partial charge in [-0.2, -0.15) is 5.26 Å². The minimum atomic E-state index is 0.708. The molecule has 2 rings (SSSR count). The third kappa shape index (κ3) is 3.77. The zero-order chi connectivity index (χ0) is 13.7. The van der Waals surface area contributed by atoms with Gasteiger partial charge in [-0.25, -0.2) is 4.98 Å². The lowest BCUT2D eigenvalue weighted by molar-refractivity contribution is 0.163. The predicted molar refractivity (Wildman–Crippen MR) is 79.4 cm³/mol. The molecule has 104 valence electrons. The second kappa shape index (κ2) is 7.02. The first kappa shape index (κ1) is 14.5. The van der Waals surface area contributed by atoms with E-state index in [0.717, 1.165) is 41.4 Å². The van der Waals surface area contributed by atoms with Crippen molar-refractivity contribution >= 4 is 11.3 Å². The zero-order valence-corrected chi connectivity index (χ0v) is 12.8. The van der Waals surface area contributed by atoms with E-state index >= 15 is 0 Å². The van der Waals surface area contributed by atoms with Gasteiger partial charge in [-0.05, 0) is 32.7 Å². The Morgan fingerprint density at radius 3 is 2.95 bits per heavy atom. The number of aryl methyl sites for hydroxylation is 1. The number of hydrogen-bond donors (Lipinski definition) is 0.